The lowest BCUT2D eigenvalue weighted by molar-refractivity contribution is 0.0949. The van der Waals surface area contributed by atoms with Gasteiger partial charge in [0.1, 0.15) is 12.4 Å². The summed E-state index contributed by atoms with van der Waals surface area (Å²) in [5.41, 5.74) is 1.13. The summed E-state index contributed by atoms with van der Waals surface area (Å²) in [4.78, 5) is 12.1. The van der Waals surface area contributed by atoms with Crippen LogP contribution in [0.15, 0.2) is 18.2 Å². The third-order valence-corrected chi connectivity index (χ3v) is 3.73. The summed E-state index contributed by atoms with van der Waals surface area (Å²) >= 11 is 1.76. The Morgan fingerprint density at radius 3 is 2.90 bits per heavy atom. The molecule has 0 saturated heterocycles. The molecule has 0 aliphatic carbocycles. The van der Waals surface area contributed by atoms with Crippen molar-refractivity contribution in [1.82, 2.24) is 5.32 Å². The number of hydrogen-bond donors (Lipinski definition) is 2. The molecule has 0 heterocycles. The molecule has 0 spiro atoms. The highest BCUT2D eigenvalue weighted by molar-refractivity contribution is 7.98. The molecule has 1 rings (SSSR count). The second kappa shape index (κ2) is 9.32. The average molecular weight is 307 g/mol. The van der Waals surface area contributed by atoms with Crippen molar-refractivity contribution >= 4 is 17.7 Å². The lowest BCUT2D eigenvalue weighted by Crippen LogP contribution is -2.29. The monoisotopic (exact) mass is 307 g/mol. The summed E-state index contributed by atoms with van der Waals surface area (Å²) in [5, 5.41) is 11.7. The predicted molar refractivity (Wildman–Crippen MR) is 86.8 cm³/mol. The first-order valence-corrected chi connectivity index (χ1v) is 8.06. The first-order valence-electron chi connectivity index (χ1n) is 6.67. The van der Waals surface area contributed by atoms with Crippen LogP contribution in [0.3, 0.4) is 0 Å². The van der Waals surface area contributed by atoms with Gasteiger partial charge in [-0.25, -0.2) is 0 Å². The summed E-state index contributed by atoms with van der Waals surface area (Å²) in [6.07, 6.45) is 2.05. The van der Waals surface area contributed by atoms with Gasteiger partial charge in [0.25, 0.3) is 5.91 Å². The standard InChI is InChI=1S/C16H21NO3S/c1-12(11-21-3)10-17-16(19)14-6-7-15(20-2)13(9-14)5-4-8-18/h6-7,9,12,18H,8,10-11H2,1-3H3,(H,17,19). The van der Waals surface area contributed by atoms with E-state index in [4.69, 9.17) is 9.84 Å². The first-order chi connectivity index (χ1) is 10.1. The zero-order valence-electron chi connectivity index (χ0n) is 12.6. The number of nitrogens with one attached hydrogen (secondary N) is 1. The maximum Gasteiger partial charge on any atom is 0.251 e. The Morgan fingerprint density at radius 1 is 1.52 bits per heavy atom. The van der Waals surface area contributed by atoms with E-state index in [-0.39, 0.29) is 12.5 Å². The highest BCUT2D eigenvalue weighted by atomic mass is 32.2. The molecule has 0 fully saturated rings. The fraction of sp³-hybridized carbons (Fsp3) is 0.438. The molecule has 114 valence electrons. The highest BCUT2D eigenvalue weighted by Crippen LogP contribution is 2.19. The Bertz CT molecular complexity index is 534. The Kier molecular flexibility index (Phi) is 7.73. The molecule has 1 amide bonds. The number of methoxy groups -OCH3 is 1. The van der Waals surface area contributed by atoms with Crippen LogP contribution < -0.4 is 10.1 Å². The molecule has 0 bridgehead atoms. The molecule has 2 N–H and O–H groups in total. The van der Waals surface area contributed by atoms with Gasteiger partial charge in [-0.1, -0.05) is 18.8 Å². The van der Waals surface area contributed by atoms with Gasteiger partial charge in [-0.05, 0) is 36.1 Å². The van der Waals surface area contributed by atoms with Gasteiger partial charge < -0.3 is 15.2 Å². The quantitative estimate of drug-likeness (QED) is 0.787. The average Bonchev–Trinajstić information content (AvgIpc) is 2.50. The third-order valence-electron chi connectivity index (χ3n) is 2.83. The number of rotatable bonds is 6. The van der Waals surface area contributed by atoms with Crippen LogP contribution in [0.5, 0.6) is 5.75 Å². The number of amides is 1. The van der Waals surface area contributed by atoms with Crippen LogP contribution in [0.2, 0.25) is 0 Å². The summed E-state index contributed by atoms with van der Waals surface area (Å²) in [6.45, 7) is 2.51. The fourth-order valence-electron chi connectivity index (χ4n) is 1.79. The van der Waals surface area contributed by atoms with Gasteiger partial charge in [0.15, 0.2) is 0 Å². The van der Waals surface area contributed by atoms with Crippen LogP contribution in [0, 0.1) is 17.8 Å². The lowest BCUT2D eigenvalue weighted by Gasteiger charge is -2.12. The minimum atomic E-state index is -0.230. The Hall–Kier alpha value is -1.64. The first kappa shape index (κ1) is 17.4. The maximum atomic E-state index is 12.1. The molecule has 0 radical (unpaired) electrons. The molecule has 0 saturated carbocycles. The largest absolute Gasteiger partial charge is 0.495 e. The highest BCUT2D eigenvalue weighted by Gasteiger charge is 2.10. The van der Waals surface area contributed by atoms with E-state index in [9.17, 15) is 4.79 Å². The Morgan fingerprint density at radius 2 is 2.29 bits per heavy atom. The van der Waals surface area contributed by atoms with Gasteiger partial charge in [-0.15, -0.1) is 0 Å². The molecule has 4 nitrogen and oxygen atoms in total. The fourth-order valence-corrected chi connectivity index (χ4v) is 2.48. The molecule has 5 heteroatoms. The molecular formula is C16H21NO3S. The molecule has 1 aromatic carbocycles. The van der Waals surface area contributed by atoms with Gasteiger partial charge in [0.05, 0.1) is 12.7 Å². The van der Waals surface area contributed by atoms with E-state index in [0.717, 1.165) is 5.75 Å². The number of carbonyl (C=O) groups excluding carboxylic acids is 1. The molecule has 1 aromatic rings. The van der Waals surface area contributed by atoms with E-state index < -0.39 is 0 Å². The molecule has 1 atom stereocenters. The van der Waals surface area contributed by atoms with Crippen molar-refractivity contribution in [2.75, 3.05) is 32.3 Å². The predicted octanol–water partition coefficient (Wildman–Crippen LogP) is 1.77. The summed E-state index contributed by atoms with van der Waals surface area (Å²) < 4.78 is 5.19. The van der Waals surface area contributed by atoms with Crippen LogP contribution in [-0.2, 0) is 0 Å². The van der Waals surface area contributed by atoms with Gasteiger partial charge in [-0.3, -0.25) is 4.79 Å². The zero-order valence-corrected chi connectivity index (χ0v) is 13.4. The van der Waals surface area contributed by atoms with Crippen molar-refractivity contribution in [2.24, 2.45) is 5.92 Å². The van der Waals surface area contributed by atoms with E-state index in [1.165, 1.54) is 0 Å². The van der Waals surface area contributed by atoms with Crippen molar-refractivity contribution in [3.63, 3.8) is 0 Å². The number of aliphatic hydroxyl groups is 1. The van der Waals surface area contributed by atoms with Crippen LogP contribution in [0.4, 0.5) is 0 Å². The number of ether oxygens (including phenoxy) is 1. The van der Waals surface area contributed by atoms with Crippen molar-refractivity contribution in [3.05, 3.63) is 29.3 Å². The molecule has 0 aliphatic rings. The van der Waals surface area contributed by atoms with Crippen LogP contribution in [0.25, 0.3) is 0 Å². The van der Waals surface area contributed by atoms with Gasteiger partial charge in [0, 0.05) is 12.1 Å². The van der Waals surface area contributed by atoms with Crippen molar-refractivity contribution in [1.29, 1.82) is 0 Å². The number of benzene rings is 1. The second-order valence-electron chi connectivity index (χ2n) is 4.65. The normalized spacial score (nSPS) is 11.2. The van der Waals surface area contributed by atoms with Crippen molar-refractivity contribution in [3.8, 4) is 17.6 Å². The summed E-state index contributed by atoms with van der Waals surface area (Å²) in [5.74, 6) is 7.25. The smallest absolute Gasteiger partial charge is 0.251 e. The maximum absolute atomic E-state index is 12.1. The molecule has 21 heavy (non-hydrogen) atoms. The van der Waals surface area contributed by atoms with Gasteiger partial charge in [0.2, 0.25) is 0 Å². The Labute approximate surface area is 130 Å². The molecule has 0 aromatic heterocycles. The minimum Gasteiger partial charge on any atom is -0.495 e. The summed E-state index contributed by atoms with van der Waals surface area (Å²) in [7, 11) is 1.54. The summed E-state index contributed by atoms with van der Waals surface area (Å²) in [6, 6.07) is 5.09. The van der Waals surface area contributed by atoms with E-state index in [1.807, 2.05) is 6.26 Å². The van der Waals surface area contributed by atoms with E-state index >= 15 is 0 Å². The SMILES string of the molecule is COc1ccc(C(=O)NCC(C)CSC)cc1C#CCO. The molecular weight excluding hydrogens is 286 g/mol. The molecule has 0 aliphatic heterocycles. The molecule has 1 unspecified atom stereocenters. The van der Waals surface area contributed by atoms with Gasteiger partial charge in [-0.2, -0.15) is 11.8 Å². The second-order valence-corrected chi connectivity index (χ2v) is 5.56. The van der Waals surface area contributed by atoms with Crippen LogP contribution in [0.1, 0.15) is 22.8 Å². The number of thioether (sulfide) groups is 1. The van der Waals surface area contributed by atoms with E-state index in [0.29, 0.717) is 29.3 Å². The van der Waals surface area contributed by atoms with E-state index in [1.54, 1.807) is 37.1 Å². The van der Waals surface area contributed by atoms with Crippen molar-refractivity contribution < 1.29 is 14.6 Å². The number of hydrogen-bond acceptors (Lipinski definition) is 4. The third kappa shape index (κ3) is 5.70. The van der Waals surface area contributed by atoms with Crippen molar-refractivity contribution in [2.45, 2.75) is 6.92 Å². The van der Waals surface area contributed by atoms with Gasteiger partial charge >= 0.3 is 0 Å². The number of carbonyl (C=O) groups is 1. The van der Waals surface area contributed by atoms with E-state index in [2.05, 4.69) is 24.1 Å². The van der Waals surface area contributed by atoms with Crippen LogP contribution in [-0.4, -0.2) is 43.3 Å². The van der Waals surface area contributed by atoms with Crippen LogP contribution >= 0.6 is 11.8 Å². The lowest BCUT2D eigenvalue weighted by atomic mass is 10.1. The Balaban J connectivity index is 2.80. The number of aliphatic hydroxyl groups excluding tert-OH is 1. The minimum absolute atomic E-state index is 0.127. The topological polar surface area (TPSA) is 58.6 Å². The zero-order chi connectivity index (χ0) is 15.7.